The van der Waals surface area contributed by atoms with Crippen molar-refractivity contribution in [3.8, 4) is 28.5 Å². The minimum Gasteiger partial charge on any atom is -0.493 e. The highest BCUT2D eigenvalue weighted by atomic mass is 16.5. The molecule has 0 aliphatic heterocycles. The van der Waals surface area contributed by atoms with Crippen LogP contribution in [0.15, 0.2) is 42.5 Å². The number of rotatable bonds is 4. The number of hydrogen-bond acceptors (Lipinski definition) is 4. The molecule has 4 nitrogen and oxygen atoms in total. The van der Waals surface area contributed by atoms with Crippen molar-refractivity contribution in [2.45, 2.75) is 46.0 Å². The maximum absolute atomic E-state index is 5.90. The molecule has 2 aromatic heterocycles. The summed E-state index contributed by atoms with van der Waals surface area (Å²) in [7, 11) is 0. The van der Waals surface area contributed by atoms with Gasteiger partial charge in [0.05, 0.1) is 12.3 Å². The second kappa shape index (κ2) is 7.87. The normalized spacial score (nSPS) is 13.7. The molecule has 27 heavy (non-hydrogen) atoms. The molecule has 3 aromatic rings. The molecule has 0 fully saturated rings. The molecule has 0 saturated carbocycles. The van der Waals surface area contributed by atoms with Crippen LogP contribution in [0.4, 0.5) is 0 Å². The zero-order valence-electron chi connectivity index (χ0n) is 16.0. The Morgan fingerprint density at radius 2 is 1.74 bits per heavy atom. The third-order valence-corrected chi connectivity index (χ3v) is 4.99. The van der Waals surface area contributed by atoms with Crippen LogP contribution in [-0.4, -0.2) is 21.6 Å². The number of pyridine rings is 1. The third-order valence-electron chi connectivity index (χ3n) is 4.99. The lowest BCUT2D eigenvalue weighted by molar-refractivity contribution is 0.341. The Balaban J connectivity index is 1.93. The Morgan fingerprint density at radius 3 is 2.59 bits per heavy atom. The summed E-state index contributed by atoms with van der Waals surface area (Å²) in [5.74, 6) is 1.59. The van der Waals surface area contributed by atoms with E-state index >= 15 is 0 Å². The van der Waals surface area contributed by atoms with Gasteiger partial charge in [0.15, 0.2) is 5.82 Å². The molecule has 0 N–H and O–H groups in total. The molecule has 1 aliphatic carbocycles. The second-order valence-electron chi connectivity index (χ2n) is 6.98. The zero-order valence-corrected chi connectivity index (χ0v) is 16.0. The van der Waals surface area contributed by atoms with Crippen LogP contribution in [0.5, 0.6) is 5.75 Å². The van der Waals surface area contributed by atoms with Gasteiger partial charge in [-0.05, 0) is 63.8 Å². The summed E-state index contributed by atoms with van der Waals surface area (Å²) in [6.45, 7) is 4.65. The maximum atomic E-state index is 5.90. The standard InChI is InChI=1S/C23H25N3O/c1-3-27-21-15-8-7-12-18(21)22-17-11-5-4-6-13-19(17)25-23(26-22)20-14-9-10-16(2)24-20/h7-10,12,14-15H,3-6,11,13H2,1-2H3. The molecule has 1 aliphatic rings. The van der Waals surface area contributed by atoms with Gasteiger partial charge in [0.1, 0.15) is 11.4 Å². The average Bonchev–Trinajstić information content (AvgIpc) is 2.93. The highest BCUT2D eigenvalue weighted by molar-refractivity contribution is 5.72. The van der Waals surface area contributed by atoms with E-state index in [2.05, 4.69) is 11.1 Å². The van der Waals surface area contributed by atoms with Crippen molar-refractivity contribution in [1.29, 1.82) is 0 Å². The van der Waals surface area contributed by atoms with Gasteiger partial charge < -0.3 is 4.74 Å². The molecule has 0 radical (unpaired) electrons. The lowest BCUT2D eigenvalue weighted by Gasteiger charge is -2.16. The highest BCUT2D eigenvalue weighted by Gasteiger charge is 2.21. The van der Waals surface area contributed by atoms with Crippen molar-refractivity contribution in [2.24, 2.45) is 0 Å². The number of aromatic nitrogens is 3. The largest absolute Gasteiger partial charge is 0.493 e. The van der Waals surface area contributed by atoms with Crippen molar-refractivity contribution in [3.05, 3.63) is 59.4 Å². The molecule has 0 atom stereocenters. The number of ether oxygens (including phenoxy) is 1. The van der Waals surface area contributed by atoms with E-state index in [-0.39, 0.29) is 0 Å². The van der Waals surface area contributed by atoms with Crippen molar-refractivity contribution in [2.75, 3.05) is 6.61 Å². The number of hydrogen-bond donors (Lipinski definition) is 0. The van der Waals surface area contributed by atoms with Gasteiger partial charge in [0.2, 0.25) is 0 Å². The minimum absolute atomic E-state index is 0.635. The van der Waals surface area contributed by atoms with Crippen molar-refractivity contribution < 1.29 is 4.74 Å². The lowest BCUT2D eigenvalue weighted by Crippen LogP contribution is -2.06. The second-order valence-corrected chi connectivity index (χ2v) is 6.98. The van der Waals surface area contributed by atoms with E-state index in [1.54, 1.807) is 0 Å². The Kier molecular flexibility index (Phi) is 5.14. The molecular weight excluding hydrogens is 334 g/mol. The number of nitrogens with zero attached hydrogens (tertiary/aromatic N) is 3. The topological polar surface area (TPSA) is 47.9 Å². The molecule has 0 amide bonds. The van der Waals surface area contributed by atoms with Gasteiger partial charge in [-0.25, -0.2) is 15.0 Å². The van der Waals surface area contributed by atoms with Gasteiger partial charge in [-0.3, -0.25) is 0 Å². The fourth-order valence-corrected chi connectivity index (χ4v) is 3.72. The number of benzene rings is 1. The fraction of sp³-hybridized carbons (Fsp3) is 0.348. The summed E-state index contributed by atoms with van der Waals surface area (Å²) in [4.78, 5) is 14.6. The quantitative estimate of drug-likeness (QED) is 0.602. The van der Waals surface area contributed by atoms with Crippen molar-refractivity contribution >= 4 is 0 Å². The lowest BCUT2D eigenvalue weighted by atomic mass is 9.99. The number of aryl methyl sites for hydroxylation is 2. The number of para-hydroxylation sites is 1. The monoisotopic (exact) mass is 359 g/mol. The van der Waals surface area contributed by atoms with Gasteiger partial charge in [-0.1, -0.05) is 24.6 Å². The van der Waals surface area contributed by atoms with Gasteiger partial charge in [-0.15, -0.1) is 0 Å². The van der Waals surface area contributed by atoms with Crippen LogP contribution in [0.25, 0.3) is 22.8 Å². The maximum Gasteiger partial charge on any atom is 0.178 e. The average molecular weight is 359 g/mol. The summed E-state index contributed by atoms with van der Waals surface area (Å²) >= 11 is 0. The summed E-state index contributed by atoms with van der Waals surface area (Å²) in [6, 6.07) is 14.2. The van der Waals surface area contributed by atoms with Crippen LogP contribution < -0.4 is 4.74 Å². The van der Waals surface area contributed by atoms with Gasteiger partial charge in [-0.2, -0.15) is 0 Å². The summed E-state index contributed by atoms with van der Waals surface area (Å²) in [6.07, 6.45) is 5.62. The molecule has 0 saturated heterocycles. The molecule has 0 unspecified atom stereocenters. The Hall–Kier alpha value is -2.75. The molecule has 4 rings (SSSR count). The van der Waals surface area contributed by atoms with Crippen LogP contribution in [0.2, 0.25) is 0 Å². The van der Waals surface area contributed by atoms with E-state index in [1.807, 2.05) is 50.2 Å². The smallest absolute Gasteiger partial charge is 0.178 e. The van der Waals surface area contributed by atoms with E-state index in [0.717, 1.165) is 41.2 Å². The van der Waals surface area contributed by atoms with Gasteiger partial charge >= 0.3 is 0 Å². The molecule has 4 heteroatoms. The van der Waals surface area contributed by atoms with Crippen LogP contribution >= 0.6 is 0 Å². The molecule has 2 heterocycles. The van der Waals surface area contributed by atoms with E-state index in [1.165, 1.54) is 30.5 Å². The first kappa shape index (κ1) is 17.7. The molecular formula is C23H25N3O. The zero-order chi connectivity index (χ0) is 18.6. The van der Waals surface area contributed by atoms with Gasteiger partial charge in [0, 0.05) is 22.5 Å². The van der Waals surface area contributed by atoms with Crippen LogP contribution in [-0.2, 0) is 12.8 Å². The van der Waals surface area contributed by atoms with E-state index in [0.29, 0.717) is 12.4 Å². The molecule has 138 valence electrons. The summed E-state index contributed by atoms with van der Waals surface area (Å²) in [5, 5.41) is 0. The van der Waals surface area contributed by atoms with Crippen LogP contribution in [0, 0.1) is 6.92 Å². The first-order valence-corrected chi connectivity index (χ1v) is 9.82. The predicted molar refractivity (Wildman–Crippen MR) is 108 cm³/mol. The molecule has 0 spiro atoms. The van der Waals surface area contributed by atoms with Crippen molar-refractivity contribution in [1.82, 2.24) is 15.0 Å². The SMILES string of the molecule is CCOc1ccccc1-c1nc(-c2cccc(C)n2)nc2c1CCCCC2. The Labute approximate surface area is 160 Å². The fourth-order valence-electron chi connectivity index (χ4n) is 3.72. The Bertz CT molecular complexity index is 952. The van der Waals surface area contributed by atoms with Crippen LogP contribution in [0.3, 0.4) is 0 Å². The van der Waals surface area contributed by atoms with Gasteiger partial charge in [0.25, 0.3) is 0 Å². The summed E-state index contributed by atoms with van der Waals surface area (Å²) in [5.41, 5.74) is 6.30. The van der Waals surface area contributed by atoms with E-state index in [4.69, 9.17) is 14.7 Å². The first-order chi connectivity index (χ1) is 13.3. The van der Waals surface area contributed by atoms with Crippen LogP contribution in [0.1, 0.15) is 43.1 Å². The van der Waals surface area contributed by atoms with E-state index in [9.17, 15) is 0 Å². The summed E-state index contributed by atoms with van der Waals surface area (Å²) < 4.78 is 5.90. The first-order valence-electron chi connectivity index (χ1n) is 9.82. The van der Waals surface area contributed by atoms with Crippen molar-refractivity contribution in [3.63, 3.8) is 0 Å². The highest BCUT2D eigenvalue weighted by Crippen LogP contribution is 2.35. The minimum atomic E-state index is 0.635. The molecule has 1 aromatic carbocycles. The predicted octanol–water partition coefficient (Wildman–Crippen LogP) is 5.18. The Morgan fingerprint density at radius 1 is 0.889 bits per heavy atom. The number of fused-ring (bicyclic) bond motifs is 1. The van der Waals surface area contributed by atoms with E-state index < -0.39 is 0 Å². The third kappa shape index (κ3) is 3.70. The molecule has 0 bridgehead atoms.